The summed E-state index contributed by atoms with van der Waals surface area (Å²) in [5.74, 6) is 1.90. The molecule has 3 heteroatoms. The molecule has 2 nitrogen and oxygen atoms in total. The van der Waals surface area contributed by atoms with Gasteiger partial charge < -0.3 is 4.74 Å². The van der Waals surface area contributed by atoms with E-state index in [1.165, 1.54) is 12.8 Å². The number of hydrogen-bond donors (Lipinski definition) is 0. The fraction of sp³-hybridized carbons (Fsp3) is 0.917. The highest BCUT2D eigenvalue weighted by Crippen LogP contribution is 2.35. The summed E-state index contributed by atoms with van der Waals surface area (Å²) in [6.07, 6.45) is 3.77. The Morgan fingerprint density at radius 1 is 1.47 bits per heavy atom. The van der Waals surface area contributed by atoms with Crippen LogP contribution in [0.2, 0.25) is 0 Å². The third-order valence-corrected chi connectivity index (χ3v) is 3.48. The monoisotopic (exact) mass is 232 g/mol. The van der Waals surface area contributed by atoms with E-state index in [-0.39, 0.29) is 12.7 Å². The highest BCUT2D eigenvalue weighted by Gasteiger charge is 2.31. The molecule has 0 aromatic carbocycles. The van der Waals surface area contributed by atoms with Crippen LogP contribution in [0.1, 0.15) is 40.0 Å². The van der Waals surface area contributed by atoms with Gasteiger partial charge >= 0.3 is 0 Å². The summed E-state index contributed by atoms with van der Waals surface area (Å²) < 4.78 is 5.61. The van der Waals surface area contributed by atoms with Gasteiger partial charge in [0, 0.05) is 0 Å². The SMILES string of the molecule is CC(C)[C@@H]1CC[C@@H](C)C[C@H]1OCC(=O)Cl. The van der Waals surface area contributed by atoms with Gasteiger partial charge in [0.25, 0.3) is 0 Å². The van der Waals surface area contributed by atoms with Crippen molar-refractivity contribution in [2.24, 2.45) is 17.8 Å². The van der Waals surface area contributed by atoms with Gasteiger partial charge in [-0.2, -0.15) is 0 Å². The summed E-state index contributed by atoms with van der Waals surface area (Å²) >= 11 is 5.30. The van der Waals surface area contributed by atoms with E-state index in [9.17, 15) is 4.79 Å². The second-order valence-corrected chi connectivity index (χ2v) is 5.45. The van der Waals surface area contributed by atoms with Crippen molar-refractivity contribution in [1.29, 1.82) is 0 Å². The highest BCUT2D eigenvalue weighted by atomic mass is 35.5. The summed E-state index contributed by atoms with van der Waals surface area (Å²) in [5, 5.41) is -0.393. The lowest BCUT2D eigenvalue weighted by Gasteiger charge is -2.36. The van der Waals surface area contributed by atoms with Gasteiger partial charge in [-0.25, -0.2) is 0 Å². The van der Waals surface area contributed by atoms with E-state index in [1.54, 1.807) is 0 Å². The van der Waals surface area contributed by atoms with Crippen molar-refractivity contribution in [2.75, 3.05) is 6.61 Å². The van der Waals surface area contributed by atoms with Crippen LogP contribution >= 0.6 is 11.6 Å². The third kappa shape index (κ3) is 4.12. The van der Waals surface area contributed by atoms with Crippen LogP contribution in [0.25, 0.3) is 0 Å². The van der Waals surface area contributed by atoms with E-state index in [0.29, 0.717) is 17.8 Å². The molecule has 88 valence electrons. The highest BCUT2D eigenvalue weighted by molar-refractivity contribution is 6.63. The lowest BCUT2D eigenvalue weighted by Crippen LogP contribution is -2.35. The van der Waals surface area contributed by atoms with E-state index in [2.05, 4.69) is 20.8 Å². The van der Waals surface area contributed by atoms with Gasteiger partial charge in [0.05, 0.1) is 6.10 Å². The van der Waals surface area contributed by atoms with Gasteiger partial charge in [0.15, 0.2) is 0 Å². The Balaban J connectivity index is 2.50. The predicted molar refractivity (Wildman–Crippen MR) is 61.9 cm³/mol. The minimum Gasteiger partial charge on any atom is -0.369 e. The van der Waals surface area contributed by atoms with Crippen molar-refractivity contribution in [3.05, 3.63) is 0 Å². The van der Waals surface area contributed by atoms with Gasteiger partial charge in [-0.1, -0.05) is 27.2 Å². The topological polar surface area (TPSA) is 26.3 Å². The van der Waals surface area contributed by atoms with Gasteiger partial charge in [-0.3, -0.25) is 4.79 Å². The normalized spacial score (nSPS) is 31.9. The molecule has 15 heavy (non-hydrogen) atoms. The number of rotatable bonds is 4. The fourth-order valence-electron chi connectivity index (χ4n) is 2.48. The smallest absolute Gasteiger partial charge is 0.247 e. The van der Waals surface area contributed by atoms with Crippen LogP contribution in [0.4, 0.5) is 0 Å². The van der Waals surface area contributed by atoms with Crippen molar-refractivity contribution < 1.29 is 9.53 Å². The standard InChI is InChI=1S/C12H21ClO2/c1-8(2)10-5-4-9(3)6-11(10)15-7-12(13)14/h8-11H,4-7H2,1-3H3/t9-,10+,11-/m1/s1. The molecule has 0 aliphatic heterocycles. The lowest BCUT2D eigenvalue weighted by molar-refractivity contribution is -0.121. The molecule has 1 aliphatic rings. The average Bonchev–Trinajstić information content (AvgIpc) is 2.14. The maximum atomic E-state index is 10.7. The van der Waals surface area contributed by atoms with Crippen LogP contribution in [0.5, 0.6) is 0 Å². The first-order chi connectivity index (χ1) is 7.00. The van der Waals surface area contributed by atoms with Crippen LogP contribution in [-0.2, 0) is 9.53 Å². The molecule has 1 rings (SSSR count). The zero-order valence-corrected chi connectivity index (χ0v) is 10.6. The molecule has 0 unspecified atom stereocenters. The van der Waals surface area contributed by atoms with Crippen LogP contribution in [-0.4, -0.2) is 18.0 Å². The fourth-order valence-corrected chi connectivity index (χ4v) is 2.54. The van der Waals surface area contributed by atoms with E-state index in [1.807, 2.05) is 0 Å². The summed E-state index contributed by atoms with van der Waals surface area (Å²) in [4.78, 5) is 10.7. The molecule has 0 saturated heterocycles. The Hall–Kier alpha value is -0.0800. The van der Waals surface area contributed by atoms with Crippen LogP contribution in [0.15, 0.2) is 0 Å². The Labute approximate surface area is 97.3 Å². The van der Waals surface area contributed by atoms with Crippen LogP contribution in [0, 0.1) is 17.8 Å². The number of hydrogen-bond acceptors (Lipinski definition) is 2. The van der Waals surface area contributed by atoms with Crippen molar-refractivity contribution in [2.45, 2.75) is 46.1 Å². The van der Waals surface area contributed by atoms with Crippen molar-refractivity contribution in [1.82, 2.24) is 0 Å². The van der Waals surface area contributed by atoms with E-state index in [4.69, 9.17) is 16.3 Å². The van der Waals surface area contributed by atoms with Crippen molar-refractivity contribution >= 4 is 16.8 Å². The van der Waals surface area contributed by atoms with E-state index < -0.39 is 5.24 Å². The second-order valence-electron chi connectivity index (χ2n) is 5.03. The van der Waals surface area contributed by atoms with Crippen molar-refractivity contribution in [3.63, 3.8) is 0 Å². The summed E-state index contributed by atoms with van der Waals surface area (Å²) in [7, 11) is 0. The average molecular weight is 233 g/mol. The van der Waals surface area contributed by atoms with Gasteiger partial charge in [-0.15, -0.1) is 0 Å². The number of halogens is 1. The van der Waals surface area contributed by atoms with Crippen LogP contribution in [0.3, 0.4) is 0 Å². The molecule has 0 radical (unpaired) electrons. The Kier molecular flexibility index (Phi) is 5.07. The zero-order valence-electron chi connectivity index (χ0n) is 9.83. The Morgan fingerprint density at radius 2 is 2.13 bits per heavy atom. The van der Waals surface area contributed by atoms with Gasteiger partial charge in [0.1, 0.15) is 6.61 Å². The molecule has 0 aromatic heterocycles. The largest absolute Gasteiger partial charge is 0.369 e. The molecule has 1 aliphatic carbocycles. The first-order valence-corrected chi connectivity index (χ1v) is 6.18. The molecular weight excluding hydrogens is 212 g/mol. The van der Waals surface area contributed by atoms with Gasteiger partial charge in [0.2, 0.25) is 5.24 Å². The van der Waals surface area contributed by atoms with Gasteiger partial charge in [-0.05, 0) is 42.2 Å². The minimum absolute atomic E-state index is 0.0577. The lowest BCUT2D eigenvalue weighted by atomic mass is 9.75. The zero-order chi connectivity index (χ0) is 11.4. The maximum absolute atomic E-state index is 10.7. The summed E-state index contributed by atoms with van der Waals surface area (Å²) in [6.45, 7) is 6.75. The van der Waals surface area contributed by atoms with Crippen molar-refractivity contribution in [3.8, 4) is 0 Å². The molecule has 1 saturated carbocycles. The molecule has 0 heterocycles. The second kappa shape index (κ2) is 5.86. The molecule has 1 fully saturated rings. The minimum atomic E-state index is -0.393. The first kappa shape index (κ1) is 13.0. The number of ether oxygens (including phenoxy) is 1. The molecule has 0 amide bonds. The van der Waals surface area contributed by atoms with E-state index in [0.717, 1.165) is 6.42 Å². The summed E-state index contributed by atoms with van der Waals surface area (Å²) in [5.41, 5.74) is 0. The Bertz CT molecular complexity index is 216. The molecule has 0 bridgehead atoms. The molecule has 3 atom stereocenters. The summed E-state index contributed by atoms with van der Waals surface area (Å²) in [6, 6.07) is 0. The number of carbonyl (C=O) groups excluding carboxylic acids is 1. The van der Waals surface area contributed by atoms with Crippen LogP contribution < -0.4 is 0 Å². The third-order valence-electron chi connectivity index (χ3n) is 3.37. The molecule has 0 aromatic rings. The maximum Gasteiger partial charge on any atom is 0.247 e. The first-order valence-electron chi connectivity index (χ1n) is 5.80. The quantitative estimate of drug-likeness (QED) is 0.696. The Morgan fingerprint density at radius 3 is 2.67 bits per heavy atom. The molecule has 0 N–H and O–H groups in total. The molecule has 0 spiro atoms. The van der Waals surface area contributed by atoms with E-state index >= 15 is 0 Å². The predicted octanol–water partition coefficient (Wildman–Crippen LogP) is 3.23. The molecular formula is C12H21ClO2. The number of carbonyl (C=O) groups is 1.